The Balaban J connectivity index is 1.50. The highest BCUT2D eigenvalue weighted by Gasteiger charge is 2.20. The Morgan fingerprint density at radius 3 is 2.80 bits per heavy atom. The van der Waals surface area contributed by atoms with E-state index in [1.54, 1.807) is 0 Å². The third-order valence-electron chi connectivity index (χ3n) is 3.76. The van der Waals surface area contributed by atoms with E-state index in [9.17, 15) is 0 Å². The molecule has 1 atom stereocenters. The van der Waals surface area contributed by atoms with Gasteiger partial charge in [-0.25, -0.2) is 4.99 Å². The molecular formula is C19H24N4O2. The minimum atomic E-state index is -0.0823. The number of nitrogens with zero attached hydrogens (tertiary/aromatic N) is 2. The number of rotatable bonds is 6. The number of pyridine rings is 1. The summed E-state index contributed by atoms with van der Waals surface area (Å²) in [6.07, 6.45) is 2.58. The van der Waals surface area contributed by atoms with Crippen LogP contribution in [0.2, 0.25) is 0 Å². The molecule has 132 valence electrons. The van der Waals surface area contributed by atoms with E-state index >= 15 is 0 Å². The molecule has 0 fully saturated rings. The first-order chi connectivity index (χ1) is 12.3. The molecule has 0 aliphatic carbocycles. The van der Waals surface area contributed by atoms with Gasteiger partial charge in [-0.15, -0.1) is 0 Å². The van der Waals surface area contributed by atoms with Crippen LogP contribution in [0.5, 0.6) is 11.5 Å². The van der Waals surface area contributed by atoms with Crippen LogP contribution in [-0.2, 0) is 6.42 Å². The Kier molecular flexibility index (Phi) is 6.09. The molecule has 1 aliphatic heterocycles. The lowest BCUT2D eigenvalue weighted by atomic mass is 10.2. The summed E-state index contributed by atoms with van der Waals surface area (Å²) in [4.78, 5) is 8.94. The van der Waals surface area contributed by atoms with Gasteiger partial charge in [0.2, 0.25) is 0 Å². The maximum atomic E-state index is 5.94. The molecule has 0 radical (unpaired) electrons. The summed E-state index contributed by atoms with van der Waals surface area (Å²) in [6.45, 7) is 4.67. The van der Waals surface area contributed by atoms with Gasteiger partial charge in [0.05, 0.1) is 6.54 Å². The second-order valence-electron chi connectivity index (χ2n) is 5.72. The average molecular weight is 340 g/mol. The van der Waals surface area contributed by atoms with Crippen LogP contribution in [0, 0.1) is 0 Å². The summed E-state index contributed by atoms with van der Waals surface area (Å²) in [5, 5.41) is 6.58. The average Bonchev–Trinajstić information content (AvgIpc) is 2.67. The van der Waals surface area contributed by atoms with Gasteiger partial charge in [0.15, 0.2) is 23.6 Å². The molecule has 1 unspecified atom stereocenters. The number of fused-ring (bicyclic) bond motifs is 1. The van der Waals surface area contributed by atoms with E-state index < -0.39 is 0 Å². The fourth-order valence-corrected chi connectivity index (χ4v) is 2.54. The molecule has 6 heteroatoms. The van der Waals surface area contributed by atoms with Crippen molar-refractivity contribution in [1.82, 2.24) is 15.6 Å². The van der Waals surface area contributed by atoms with Crippen molar-refractivity contribution >= 4 is 5.96 Å². The molecule has 0 amide bonds. The highest BCUT2D eigenvalue weighted by atomic mass is 16.6. The number of benzene rings is 1. The Morgan fingerprint density at radius 2 is 2.00 bits per heavy atom. The molecule has 6 nitrogen and oxygen atoms in total. The Labute approximate surface area is 148 Å². The van der Waals surface area contributed by atoms with E-state index in [-0.39, 0.29) is 6.10 Å². The fourth-order valence-electron chi connectivity index (χ4n) is 2.54. The van der Waals surface area contributed by atoms with Crippen molar-refractivity contribution < 1.29 is 9.47 Å². The third kappa shape index (κ3) is 5.11. The zero-order valence-corrected chi connectivity index (χ0v) is 14.4. The lowest BCUT2D eigenvalue weighted by molar-refractivity contribution is 0.0971. The first-order valence-electron chi connectivity index (χ1n) is 8.65. The maximum Gasteiger partial charge on any atom is 0.191 e. The molecule has 0 bridgehead atoms. The van der Waals surface area contributed by atoms with Crippen LogP contribution in [0.4, 0.5) is 0 Å². The fraction of sp³-hybridized carbons (Fsp3) is 0.368. The van der Waals surface area contributed by atoms with E-state index in [1.165, 1.54) is 0 Å². The van der Waals surface area contributed by atoms with Crippen LogP contribution in [0.25, 0.3) is 0 Å². The summed E-state index contributed by atoms with van der Waals surface area (Å²) in [7, 11) is 0. The molecular weight excluding hydrogens is 316 g/mol. The van der Waals surface area contributed by atoms with Crippen molar-refractivity contribution in [2.75, 3.05) is 26.2 Å². The Bertz CT molecular complexity index is 691. The molecule has 0 saturated heterocycles. The predicted molar refractivity (Wildman–Crippen MR) is 98.3 cm³/mol. The van der Waals surface area contributed by atoms with Crippen LogP contribution < -0.4 is 20.1 Å². The van der Waals surface area contributed by atoms with Gasteiger partial charge in [-0.05, 0) is 31.2 Å². The first-order valence-corrected chi connectivity index (χ1v) is 8.65. The van der Waals surface area contributed by atoms with E-state index in [0.29, 0.717) is 13.2 Å². The van der Waals surface area contributed by atoms with Crippen molar-refractivity contribution in [3.8, 4) is 11.5 Å². The number of aliphatic imine (C=N–C) groups is 1. The molecule has 1 aromatic heterocycles. The third-order valence-corrected chi connectivity index (χ3v) is 3.76. The second kappa shape index (κ2) is 8.92. The highest BCUT2D eigenvalue weighted by Crippen LogP contribution is 2.30. The molecule has 0 spiro atoms. The van der Waals surface area contributed by atoms with E-state index in [0.717, 1.165) is 42.7 Å². The number of ether oxygens (including phenoxy) is 2. The molecule has 25 heavy (non-hydrogen) atoms. The van der Waals surface area contributed by atoms with Crippen molar-refractivity contribution in [1.29, 1.82) is 0 Å². The summed E-state index contributed by atoms with van der Waals surface area (Å²) < 4.78 is 11.7. The van der Waals surface area contributed by atoms with Crippen LogP contribution in [0.15, 0.2) is 53.7 Å². The largest absolute Gasteiger partial charge is 0.486 e. The van der Waals surface area contributed by atoms with Crippen LogP contribution in [0.3, 0.4) is 0 Å². The quantitative estimate of drug-likeness (QED) is 0.622. The molecule has 1 aromatic carbocycles. The Hall–Kier alpha value is -2.76. The van der Waals surface area contributed by atoms with Gasteiger partial charge < -0.3 is 20.1 Å². The summed E-state index contributed by atoms with van der Waals surface area (Å²) >= 11 is 0. The Morgan fingerprint density at radius 1 is 1.16 bits per heavy atom. The number of para-hydroxylation sites is 2. The predicted octanol–water partition coefficient (Wildman–Crippen LogP) is 2.02. The molecule has 2 aromatic rings. The molecule has 2 heterocycles. The number of hydrogen-bond acceptors (Lipinski definition) is 4. The topological polar surface area (TPSA) is 67.8 Å². The number of guanidine groups is 1. The minimum absolute atomic E-state index is 0.0823. The zero-order chi connectivity index (χ0) is 17.3. The van der Waals surface area contributed by atoms with Gasteiger partial charge >= 0.3 is 0 Å². The zero-order valence-electron chi connectivity index (χ0n) is 14.4. The minimum Gasteiger partial charge on any atom is -0.486 e. The van der Waals surface area contributed by atoms with Crippen LogP contribution >= 0.6 is 0 Å². The lowest BCUT2D eigenvalue weighted by Crippen LogP contribution is -2.40. The maximum absolute atomic E-state index is 5.94. The van der Waals surface area contributed by atoms with E-state index in [4.69, 9.17) is 9.47 Å². The number of nitrogens with one attached hydrogen (secondary N) is 2. The smallest absolute Gasteiger partial charge is 0.191 e. The van der Waals surface area contributed by atoms with Gasteiger partial charge in [0.25, 0.3) is 0 Å². The highest BCUT2D eigenvalue weighted by molar-refractivity contribution is 5.79. The summed E-state index contributed by atoms with van der Waals surface area (Å²) in [6, 6.07) is 13.7. The van der Waals surface area contributed by atoms with Gasteiger partial charge in [0.1, 0.15) is 6.61 Å². The molecule has 2 N–H and O–H groups in total. The first kappa shape index (κ1) is 17.1. The van der Waals surface area contributed by atoms with Gasteiger partial charge in [-0.1, -0.05) is 18.2 Å². The number of aromatic nitrogens is 1. The molecule has 1 aliphatic rings. The van der Waals surface area contributed by atoms with Crippen molar-refractivity contribution in [2.24, 2.45) is 4.99 Å². The normalized spacial score (nSPS) is 16.4. The lowest BCUT2D eigenvalue weighted by Gasteiger charge is -2.25. The van der Waals surface area contributed by atoms with E-state index in [2.05, 4.69) is 20.6 Å². The van der Waals surface area contributed by atoms with Crippen molar-refractivity contribution in [2.45, 2.75) is 19.4 Å². The SMILES string of the molecule is CCNC(=NCC1COc2ccccc2O1)NCCc1ccccn1. The molecule has 0 saturated carbocycles. The van der Waals surface area contributed by atoms with Crippen molar-refractivity contribution in [3.05, 3.63) is 54.4 Å². The van der Waals surface area contributed by atoms with Crippen LogP contribution in [0.1, 0.15) is 12.6 Å². The summed E-state index contributed by atoms with van der Waals surface area (Å²) in [5.41, 5.74) is 1.06. The van der Waals surface area contributed by atoms with Gasteiger partial charge in [-0.3, -0.25) is 4.98 Å². The van der Waals surface area contributed by atoms with E-state index in [1.807, 2.05) is 55.6 Å². The van der Waals surface area contributed by atoms with Crippen molar-refractivity contribution in [3.63, 3.8) is 0 Å². The van der Waals surface area contributed by atoms with Gasteiger partial charge in [-0.2, -0.15) is 0 Å². The van der Waals surface area contributed by atoms with Gasteiger partial charge in [0, 0.05) is 31.4 Å². The summed E-state index contributed by atoms with van der Waals surface area (Å²) in [5.74, 6) is 2.35. The standard InChI is InChI=1S/C19H24N4O2/c1-2-20-19(22-12-10-15-7-5-6-11-21-15)23-13-16-14-24-17-8-3-4-9-18(17)25-16/h3-9,11,16H,2,10,12-14H2,1H3,(H2,20,22,23). The monoisotopic (exact) mass is 340 g/mol. The molecule has 3 rings (SSSR count). The van der Waals surface area contributed by atoms with Crippen LogP contribution in [-0.4, -0.2) is 43.3 Å². The number of hydrogen-bond donors (Lipinski definition) is 2. The second-order valence-corrected chi connectivity index (χ2v) is 5.72.